The highest BCUT2D eigenvalue weighted by Crippen LogP contribution is 2.20. The lowest BCUT2D eigenvalue weighted by atomic mass is 9.99. The first-order valence-electron chi connectivity index (χ1n) is 7.31. The quantitative estimate of drug-likeness (QED) is 0.856. The van der Waals surface area contributed by atoms with Crippen molar-refractivity contribution in [2.75, 3.05) is 26.8 Å². The van der Waals surface area contributed by atoms with Gasteiger partial charge < -0.3 is 9.84 Å². The Hall–Kier alpha value is -1.06. The lowest BCUT2D eigenvalue weighted by Gasteiger charge is -2.35. The third-order valence-corrected chi connectivity index (χ3v) is 4.06. The van der Waals surface area contributed by atoms with Crippen LogP contribution in [0, 0.1) is 0 Å². The average molecular weight is 263 g/mol. The highest BCUT2D eigenvalue weighted by molar-refractivity contribution is 5.27. The molecule has 1 aliphatic rings. The summed E-state index contributed by atoms with van der Waals surface area (Å²) in [5.41, 5.74) is 1.36. The highest BCUT2D eigenvalue weighted by atomic mass is 16.5. The van der Waals surface area contributed by atoms with Crippen molar-refractivity contribution in [2.45, 2.75) is 38.1 Å². The second-order valence-corrected chi connectivity index (χ2v) is 5.30. The number of aliphatic hydroxyl groups is 1. The molecule has 0 radical (unpaired) electrons. The van der Waals surface area contributed by atoms with E-state index in [1.807, 2.05) is 12.1 Å². The van der Waals surface area contributed by atoms with E-state index in [4.69, 9.17) is 9.84 Å². The van der Waals surface area contributed by atoms with Gasteiger partial charge in [-0.2, -0.15) is 0 Å². The van der Waals surface area contributed by atoms with Crippen LogP contribution in [0.1, 0.15) is 31.2 Å². The van der Waals surface area contributed by atoms with E-state index < -0.39 is 0 Å². The van der Waals surface area contributed by atoms with Crippen LogP contribution in [0.2, 0.25) is 0 Å². The molecule has 0 amide bonds. The molecule has 1 fully saturated rings. The maximum Gasteiger partial charge on any atom is 0.118 e. The monoisotopic (exact) mass is 263 g/mol. The molecule has 106 valence electrons. The molecule has 0 aromatic heterocycles. The first-order valence-corrected chi connectivity index (χ1v) is 7.31. The van der Waals surface area contributed by atoms with Crippen molar-refractivity contribution in [3.05, 3.63) is 29.8 Å². The first kappa shape index (κ1) is 14.4. The van der Waals surface area contributed by atoms with E-state index >= 15 is 0 Å². The Morgan fingerprint density at radius 1 is 1.26 bits per heavy atom. The number of likely N-dealkylation sites (tertiary alicyclic amines) is 1. The minimum atomic E-state index is 0.309. The van der Waals surface area contributed by atoms with Crippen molar-refractivity contribution < 1.29 is 9.84 Å². The van der Waals surface area contributed by atoms with Gasteiger partial charge in [-0.1, -0.05) is 18.6 Å². The summed E-state index contributed by atoms with van der Waals surface area (Å²) >= 11 is 0. The van der Waals surface area contributed by atoms with Gasteiger partial charge >= 0.3 is 0 Å². The number of rotatable bonds is 6. The van der Waals surface area contributed by atoms with E-state index in [9.17, 15) is 0 Å². The molecule has 1 aromatic rings. The second-order valence-electron chi connectivity index (χ2n) is 5.30. The fraction of sp³-hybridized carbons (Fsp3) is 0.625. The zero-order chi connectivity index (χ0) is 13.5. The number of ether oxygens (including phenoxy) is 1. The molecule has 1 aromatic carbocycles. The number of hydrogen-bond acceptors (Lipinski definition) is 3. The van der Waals surface area contributed by atoms with Gasteiger partial charge in [0.25, 0.3) is 0 Å². The summed E-state index contributed by atoms with van der Waals surface area (Å²) in [5, 5.41) is 9.14. The molecule has 1 atom stereocenters. The molecule has 2 rings (SSSR count). The number of nitrogens with zero attached hydrogens (tertiary/aromatic N) is 1. The van der Waals surface area contributed by atoms with Crippen molar-refractivity contribution in [1.29, 1.82) is 0 Å². The molecule has 1 N–H and O–H groups in total. The van der Waals surface area contributed by atoms with Gasteiger partial charge in [-0.15, -0.1) is 0 Å². The Balaban J connectivity index is 1.85. The molecule has 3 heteroatoms. The van der Waals surface area contributed by atoms with Crippen LogP contribution in [0.4, 0.5) is 0 Å². The van der Waals surface area contributed by atoms with E-state index in [0.717, 1.165) is 25.1 Å². The number of hydrogen-bond donors (Lipinski definition) is 1. The zero-order valence-corrected chi connectivity index (χ0v) is 11.8. The van der Waals surface area contributed by atoms with Gasteiger partial charge in [-0.05, 0) is 49.9 Å². The van der Waals surface area contributed by atoms with Crippen LogP contribution in [-0.2, 0) is 6.42 Å². The summed E-state index contributed by atoms with van der Waals surface area (Å²) in [6.45, 7) is 2.58. The van der Waals surface area contributed by atoms with Crippen LogP contribution < -0.4 is 4.74 Å². The van der Waals surface area contributed by atoms with E-state index in [-0.39, 0.29) is 0 Å². The molecular formula is C16H25NO2. The summed E-state index contributed by atoms with van der Waals surface area (Å²) in [4.78, 5) is 2.55. The predicted octanol–water partition coefficient (Wildman–Crippen LogP) is 2.47. The van der Waals surface area contributed by atoms with E-state index in [2.05, 4.69) is 17.0 Å². The third kappa shape index (κ3) is 4.22. The lowest BCUT2D eigenvalue weighted by molar-refractivity contribution is 0.120. The van der Waals surface area contributed by atoms with Gasteiger partial charge in [0.05, 0.1) is 7.11 Å². The Kier molecular flexibility index (Phi) is 5.67. The SMILES string of the molecule is COc1ccc(CCN2CCCCC2CCO)cc1. The summed E-state index contributed by atoms with van der Waals surface area (Å²) in [7, 11) is 1.70. The van der Waals surface area contributed by atoms with Crippen molar-refractivity contribution in [2.24, 2.45) is 0 Å². The van der Waals surface area contributed by atoms with Crippen LogP contribution in [0.3, 0.4) is 0 Å². The van der Waals surface area contributed by atoms with Crippen molar-refractivity contribution in [3.8, 4) is 5.75 Å². The Morgan fingerprint density at radius 2 is 2.05 bits per heavy atom. The van der Waals surface area contributed by atoms with E-state index in [1.54, 1.807) is 7.11 Å². The number of methoxy groups -OCH3 is 1. The molecular weight excluding hydrogens is 238 g/mol. The normalized spacial score (nSPS) is 20.4. The fourth-order valence-electron chi connectivity index (χ4n) is 2.90. The van der Waals surface area contributed by atoms with E-state index in [1.165, 1.54) is 31.4 Å². The minimum Gasteiger partial charge on any atom is -0.497 e. The van der Waals surface area contributed by atoms with Crippen molar-refractivity contribution in [1.82, 2.24) is 4.90 Å². The standard InChI is InChI=1S/C16H25NO2/c1-19-16-7-5-14(6-8-16)9-12-17-11-3-2-4-15(17)10-13-18/h5-8,15,18H,2-4,9-13H2,1H3. The highest BCUT2D eigenvalue weighted by Gasteiger charge is 2.21. The fourth-order valence-corrected chi connectivity index (χ4v) is 2.90. The second kappa shape index (κ2) is 7.51. The van der Waals surface area contributed by atoms with Crippen LogP contribution in [0.5, 0.6) is 5.75 Å². The van der Waals surface area contributed by atoms with Gasteiger partial charge in [-0.3, -0.25) is 4.90 Å². The number of benzene rings is 1. The van der Waals surface area contributed by atoms with Crippen LogP contribution in [-0.4, -0.2) is 42.9 Å². The van der Waals surface area contributed by atoms with Gasteiger partial charge in [-0.25, -0.2) is 0 Å². The predicted molar refractivity (Wildman–Crippen MR) is 77.6 cm³/mol. The average Bonchev–Trinajstić information content (AvgIpc) is 2.47. The largest absolute Gasteiger partial charge is 0.497 e. The van der Waals surface area contributed by atoms with Crippen LogP contribution in [0.25, 0.3) is 0 Å². The molecule has 0 spiro atoms. The van der Waals surface area contributed by atoms with Crippen LogP contribution >= 0.6 is 0 Å². The molecule has 0 bridgehead atoms. The lowest BCUT2D eigenvalue weighted by Crippen LogP contribution is -2.41. The van der Waals surface area contributed by atoms with Gasteiger partial charge in [0.2, 0.25) is 0 Å². The van der Waals surface area contributed by atoms with Gasteiger partial charge in [0.15, 0.2) is 0 Å². The Labute approximate surface area is 116 Å². The summed E-state index contributed by atoms with van der Waals surface area (Å²) in [5.74, 6) is 0.917. The number of piperidine rings is 1. The topological polar surface area (TPSA) is 32.7 Å². The van der Waals surface area contributed by atoms with Gasteiger partial charge in [0.1, 0.15) is 5.75 Å². The maximum atomic E-state index is 9.14. The Morgan fingerprint density at radius 3 is 2.74 bits per heavy atom. The third-order valence-electron chi connectivity index (χ3n) is 4.06. The molecule has 0 saturated carbocycles. The molecule has 1 heterocycles. The molecule has 19 heavy (non-hydrogen) atoms. The van der Waals surface area contributed by atoms with Crippen molar-refractivity contribution in [3.63, 3.8) is 0 Å². The molecule has 1 unspecified atom stereocenters. The zero-order valence-electron chi connectivity index (χ0n) is 11.8. The molecule has 1 aliphatic heterocycles. The summed E-state index contributed by atoms with van der Waals surface area (Å²) < 4.78 is 5.17. The van der Waals surface area contributed by atoms with E-state index in [0.29, 0.717) is 12.6 Å². The molecule has 0 aliphatic carbocycles. The van der Waals surface area contributed by atoms with Crippen molar-refractivity contribution >= 4 is 0 Å². The molecule has 3 nitrogen and oxygen atoms in total. The van der Waals surface area contributed by atoms with Crippen LogP contribution in [0.15, 0.2) is 24.3 Å². The summed E-state index contributed by atoms with van der Waals surface area (Å²) in [6, 6.07) is 8.92. The minimum absolute atomic E-state index is 0.309. The molecule has 1 saturated heterocycles. The maximum absolute atomic E-state index is 9.14. The number of aliphatic hydroxyl groups excluding tert-OH is 1. The Bertz CT molecular complexity index is 362. The first-order chi connectivity index (χ1) is 9.33. The smallest absolute Gasteiger partial charge is 0.118 e. The van der Waals surface area contributed by atoms with Gasteiger partial charge in [0, 0.05) is 19.2 Å². The summed E-state index contributed by atoms with van der Waals surface area (Å²) in [6.07, 6.45) is 5.84.